The van der Waals surface area contributed by atoms with Crippen LogP contribution in [0.25, 0.3) is 0 Å². The second kappa shape index (κ2) is 57.9. The van der Waals surface area contributed by atoms with Crippen molar-refractivity contribution in [2.45, 2.75) is 20.8 Å². The average molecular weight is 237 g/mol. The van der Waals surface area contributed by atoms with Crippen LogP contribution in [0.5, 0.6) is 0 Å². The molecule has 0 aliphatic heterocycles. The van der Waals surface area contributed by atoms with Gasteiger partial charge in [0.2, 0.25) is 0 Å². The molecule has 6 nitrogen and oxygen atoms in total. The fourth-order valence-electron chi connectivity index (χ4n) is 0. The summed E-state index contributed by atoms with van der Waals surface area (Å²) in [6.45, 7) is 5.94. The summed E-state index contributed by atoms with van der Waals surface area (Å²) in [5, 5.41) is 22.5. The molecule has 0 saturated heterocycles. The Hall–Kier alpha value is 0.0244. The number of aliphatic hydroxyl groups excluding tert-OH is 2. The van der Waals surface area contributed by atoms with Gasteiger partial charge >= 0.3 is 23.5 Å². The van der Waals surface area contributed by atoms with Crippen molar-refractivity contribution in [3.8, 4) is 0 Å². The van der Waals surface area contributed by atoms with Gasteiger partial charge in [0.1, 0.15) is 0 Å². The van der Waals surface area contributed by atoms with Crippen LogP contribution >= 0.6 is 0 Å². The molecule has 0 unspecified atom stereocenters. The molecule has 0 heterocycles. The molecule has 0 spiro atoms. The molecule has 83 valence electrons. The van der Waals surface area contributed by atoms with E-state index in [-0.39, 0.29) is 13.2 Å². The summed E-state index contributed by atoms with van der Waals surface area (Å²) in [5.74, 6) is 0. The molecule has 0 amide bonds. The monoisotopic (exact) mass is 237 g/mol. The van der Waals surface area contributed by atoms with Gasteiger partial charge in [-0.15, -0.1) is 0 Å². The molecule has 0 aromatic heterocycles. The van der Waals surface area contributed by atoms with Crippen molar-refractivity contribution >= 4 is 0 Å². The molecular weight excluding hydrogens is 219 g/mol. The molecule has 0 aliphatic rings. The molecular formula is C6H18O6V. The van der Waals surface area contributed by atoms with E-state index in [0.29, 0.717) is 6.61 Å². The van der Waals surface area contributed by atoms with E-state index in [1.165, 1.54) is 0 Å². The van der Waals surface area contributed by atoms with Crippen molar-refractivity contribution in [3.63, 3.8) is 0 Å². The van der Waals surface area contributed by atoms with E-state index in [1.54, 1.807) is 20.8 Å². The summed E-state index contributed by atoms with van der Waals surface area (Å²) in [7, 11) is 0. The molecule has 3 N–H and O–H groups in total. The number of hydrogen-bond acceptors (Lipinski definition) is 6. The Morgan fingerprint density at radius 2 is 1.15 bits per heavy atom. The molecule has 0 bridgehead atoms. The molecule has 7 heteroatoms. The van der Waals surface area contributed by atoms with Crippen LogP contribution in [0.4, 0.5) is 0 Å². The summed E-state index contributed by atoms with van der Waals surface area (Å²) in [6, 6.07) is 0. The predicted octanol–water partition coefficient (Wildman–Crippen LogP) is 0.253. The third kappa shape index (κ3) is 1150. The summed E-state index contributed by atoms with van der Waals surface area (Å²) in [4.78, 5) is 3.54. The first kappa shape index (κ1) is 23.1. The normalized spacial score (nSPS) is 5.69. The van der Waals surface area contributed by atoms with E-state index in [9.17, 15) is 0 Å². The van der Waals surface area contributed by atoms with Gasteiger partial charge in [-0.05, 0) is 20.8 Å². The van der Waals surface area contributed by atoms with Gasteiger partial charge in [0.05, 0.1) is 6.61 Å². The standard InChI is InChI=1S/C2H6O2.2C2H6O.2O.V/c1-2-4-3;2*1-2-3;;;/h3H,2H2,1H3;2*3H,2H2,1H3;;;. The van der Waals surface area contributed by atoms with Gasteiger partial charge in [-0.25, -0.2) is 4.89 Å². The van der Waals surface area contributed by atoms with E-state index in [1.807, 2.05) is 0 Å². The number of hydrogen-bond donors (Lipinski definition) is 3. The first-order valence-electron chi connectivity index (χ1n) is 3.59. The quantitative estimate of drug-likeness (QED) is 0.446. The maximum absolute atomic E-state index is 8.47. The number of rotatable bonds is 1. The SMILES string of the molecule is CCO.CCO.CCOO.[O]=[V]=[O]. The Labute approximate surface area is 85.0 Å². The predicted molar refractivity (Wildman–Crippen MR) is 41.1 cm³/mol. The molecule has 0 atom stereocenters. The van der Waals surface area contributed by atoms with Crippen molar-refractivity contribution in [2.75, 3.05) is 19.8 Å². The Balaban J connectivity index is -0.0000000420. The van der Waals surface area contributed by atoms with Crippen LogP contribution in [0, 0.1) is 0 Å². The molecule has 0 aromatic carbocycles. The second-order valence-electron chi connectivity index (χ2n) is 1.12. The van der Waals surface area contributed by atoms with E-state index in [4.69, 9.17) is 22.8 Å². The van der Waals surface area contributed by atoms with E-state index in [0.717, 1.165) is 0 Å². The second-order valence-corrected chi connectivity index (χ2v) is 1.36. The minimum absolute atomic E-state index is 0.250. The van der Waals surface area contributed by atoms with Crippen LogP contribution in [-0.2, 0) is 28.4 Å². The van der Waals surface area contributed by atoms with Crippen molar-refractivity contribution in [3.05, 3.63) is 0 Å². The number of aliphatic hydroxyl groups is 2. The minimum atomic E-state index is -1.81. The van der Waals surface area contributed by atoms with Crippen molar-refractivity contribution in [1.82, 2.24) is 0 Å². The third-order valence-electron chi connectivity index (χ3n) is 0.129. The van der Waals surface area contributed by atoms with Crippen molar-refractivity contribution < 1.29 is 43.9 Å². The van der Waals surface area contributed by atoms with Crippen LogP contribution in [0.1, 0.15) is 20.8 Å². The topological polar surface area (TPSA) is 104 Å². The van der Waals surface area contributed by atoms with Crippen LogP contribution in [0.15, 0.2) is 0 Å². The average Bonchev–Trinajstić information content (AvgIpc) is 2.08. The third-order valence-corrected chi connectivity index (χ3v) is 0.129. The maximum atomic E-state index is 8.47. The fourth-order valence-corrected chi connectivity index (χ4v) is 0. The van der Waals surface area contributed by atoms with Gasteiger partial charge in [0, 0.05) is 13.2 Å². The van der Waals surface area contributed by atoms with E-state index >= 15 is 0 Å². The molecule has 0 rings (SSSR count). The van der Waals surface area contributed by atoms with Gasteiger partial charge in [-0.2, -0.15) is 0 Å². The molecule has 0 aliphatic carbocycles. The Bertz CT molecular complexity index is 69.5. The molecule has 0 saturated carbocycles. The van der Waals surface area contributed by atoms with Gasteiger partial charge < -0.3 is 10.2 Å². The van der Waals surface area contributed by atoms with Crippen molar-refractivity contribution in [2.24, 2.45) is 0 Å². The van der Waals surface area contributed by atoms with Gasteiger partial charge in [0.15, 0.2) is 0 Å². The van der Waals surface area contributed by atoms with E-state index < -0.39 is 16.2 Å². The molecule has 0 aromatic rings. The van der Waals surface area contributed by atoms with Crippen LogP contribution < -0.4 is 0 Å². The Morgan fingerprint density at radius 1 is 1.08 bits per heavy atom. The van der Waals surface area contributed by atoms with Crippen LogP contribution in [-0.4, -0.2) is 35.3 Å². The first-order chi connectivity index (χ1) is 6.16. The fraction of sp³-hybridized carbons (Fsp3) is 1.00. The Kier molecular flexibility index (Phi) is 103. The first-order valence-corrected chi connectivity index (χ1v) is 4.73. The Morgan fingerprint density at radius 3 is 1.15 bits per heavy atom. The summed E-state index contributed by atoms with van der Waals surface area (Å²) in [6.07, 6.45) is 0. The zero-order valence-electron chi connectivity index (χ0n) is 8.13. The van der Waals surface area contributed by atoms with Crippen LogP contribution in [0.2, 0.25) is 0 Å². The summed E-state index contributed by atoms with van der Waals surface area (Å²) in [5.41, 5.74) is 0. The zero-order valence-corrected chi connectivity index (χ0v) is 9.53. The van der Waals surface area contributed by atoms with Crippen LogP contribution in [0.3, 0.4) is 0 Å². The zero-order chi connectivity index (χ0) is 11.5. The van der Waals surface area contributed by atoms with Gasteiger partial charge in [-0.3, -0.25) is 5.26 Å². The molecule has 0 fully saturated rings. The van der Waals surface area contributed by atoms with Crippen molar-refractivity contribution in [1.29, 1.82) is 0 Å². The molecule has 0 radical (unpaired) electrons. The summed E-state index contributed by atoms with van der Waals surface area (Å²) >= 11 is -1.81. The summed E-state index contributed by atoms with van der Waals surface area (Å²) < 4.78 is 16.9. The van der Waals surface area contributed by atoms with Gasteiger partial charge in [-0.1, -0.05) is 0 Å². The van der Waals surface area contributed by atoms with Gasteiger partial charge in [0.25, 0.3) is 0 Å². The van der Waals surface area contributed by atoms with E-state index in [2.05, 4.69) is 4.89 Å². The molecule has 13 heavy (non-hydrogen) atoms.